The van der Waals surface area contributed by atoms with Gasteiger partial charge in [-0.05, 0) is 76.3 Å². The summed E-state index contributed by atoms with van der Waals surface area (Å²) >= 11 is 0. The molecule has 0 bridgehead atoms. The Balaban J connectivity index is 1.16. The highest BCUT2D eigenvalue weighted by Gasteiger charge is 2.19. The highest BCUT2D eigenvalue weighted by molar-refractivity contribution is 5.02. The minimum atomic E-state index is 0.154. The Morgan fingerprint density at radius 1 is 0.714 bits per heavy atom. The van der Waals surface area contributed by atoms with Gasteiger partial charge in [-0.15, -0.1) is 0 Å². The monoisotopic (exact) mass is 386 g/mol. The molecule has 2 aliphatic rings. The Hall–Kier alpha value is -1.66. The van der Waals surface area contributed by atoms with Crippen molar-refractivity contribution in [3.05, 3.63) is 35.9 Å². The Morgan fingerprint density at radius 2 is 1.21 bits per heavy atom. The van der Waals surface area contributed by atoms with Crippen molar-refractivity contribution in [3.63, 3.8) is 0 Å². The fraction of sp³-hybridized carbons (Fsp3) is 0.727. The molecule has 2 unspecified atom stereocenters. The van der Waals surface area contributed by atoms with Gasteiger partial charge in [-0.2, -0.15) is 10.2 Å². The quantitative estimate of drug-likeness (QED) is 0.580. The fourth-order valence-electron chi connectivity index (χ4n) is 4.40. The molecule has 28 heavy (non-hydrogen) atoms. The van der Waals surface area contributed by atoms with Crippen LogP contribution in [0.5, 0.6) is 0 Å². The third-order valence-corrected chi connectivity index (χ3v) is 5.98. The van der Waals surface area contributed by atoms with Crippen LogP contribution < -0.4 is 0 Å². The van der Waals surface area contributed by atoms with Gasteiger partial charge in [0.1, 0.15) is 12.5 Å². The molecule has 2 aliphatic heterocycles. The molecule has 2 aromatic heterocycles. The van der Waals surface area contributed by atoms with Crippen molar-refractivity contribution in [1.29, 1.82) is 0 Å². The molecule has 6 heteroatoms. The molecule has 2 atom stereocenters. The first kappa shape index (κ1) is 19.6. The number of hydrogen-bond acceptors (Lipinski definition) is 4. The van der Waals surface area contributed by atoms with E-state index in [0.717, 1.165) is 38.9 Å². The lowest BCUT2D eigenvalue weighted by molar-refractivity contribution is -0.0413. The van der Waals surface area contributed by atoms with Gasteiger partial charge in [0, 0.05) is 37.0 Å². The summed E-state index contributed by atoms with van der Waals surface area (Å²) in [5.74, 6) is 0. The van der Waals surface area contributed by atoms with Crippen LogP contribution in [-0.4, -0.2) is 32.8 Å². The van der Waals surface area contributed by atoms with E-state index in [9.17, 15) is 0 Å². The number of aromatic nitrogens is 4. The highest BCUT2D eigenvalue weighted by atomic mass is 16.5. The van der Waals surface area contributed by atoms with Gasteiger partial charge in [-0.3, -0.25) is 0 Å². The maximum absolute atomic E-state index is 5.89. The van der Waals surface area contributed by atoms with E-state index in [0.29, 0.717) is 0 Å². The lowest BCUT2D eigenvalue weighted by atomic mass is 10.1. The first-order valence-electron chi connectivity index (χ1n) is 11.2. The van der Waals surface area contributed by atoms with Crippen LogP contribution in [-0.2, 0) is 22.3 Å². The highest BCUT2D eigenvalue weighted by Crippen LogP contribution is 2.25. The topological polar surface area (TPSA) is 54.1 Å². The Morgan fingerprint density at radius 3 is 1.64 bits per heavy atom. The zero-order valence-corrected chi connectivity index (χ0v) is 17.0. The predicted octanol–water partition coefficient (Wildman–Crippen LogP) is 4.82. The number of unbranched alkanes of at least 4 members (excludes halogenated alkanes) is 3. The molecule has 2 fully saturated rings. The summed E-state index contributed by atoms with van der Waals surface area (Å²) < 4.78 is 16.0. The molecular weight excluding hydrogens is 352 g/mol. The number of aryl methyl sites for hydroxylation is 2. The van der Waals surface area contributed by atoms with Crippen LogP contribution in [0, 0.1) is 0 Å². The van der Waals surface area contributed by atoms with Crippen LogP contribution >= 0.6 is 0 Å². The Kier molecular flexibility index (Phi) is 7.17. The first-order chi connectivity index (χ1) is 13.9. The van der Waals surface area contributed by atoms with Crippen molar-refractivity contribution in [2.75, 3.05) is 13.2 Å². The molecule has 0 radical (unpaired) electrons. The van der Waals surface area contributed by atoms with Crippen LogP contribution in [0.4, 0.5) is 0 Å². The molecule has 6 nitrogen and oxygen atoms in total. The summed E-state index contributed by atoms with van der Waals surface area (Å²) in [6, 6.07) is 4.31. The lowest BCUT2D eigenvalue weighted by Crippen LogP contribution is -2.21. The molecule has 0 amide bonds. The number of nitrogens with zero attached hydrogens (tertiary/aromatic N) is 4. The molecule has 2 saturated heterocycles. The van der Waals surface area contributed by atoms with E-state index < -0.39 is 0 Å². The average Bonchev–Trinajstić information content (AvgIpc) is 3.41. The Labute approximate surface area is 168 Å². The molecular formula is C22H34N4O2. The predicted molar refractivity (Wildman–Crippen MR) is 108 cm³/mol. The minimum absolute atomic E-state index is 0.154. The van der Waals surface area contributed by atoms with Crippen LogP contribution in [0.25, 0.3) is 0 Å². The summed E-state index contributed by atoms with van der Waals surface area (Å²) in [5, 5.41) is 9.03. The van der Waals surface area contributed by atoms with Gasteiger partial charge in [-0.25, -0.2) is 9.36 Å². The summed E-state index contributed by atoms with van der Waals surface area (Å²) in [7, 11) is 0. The third kappa shape index (κ3) is 5.03. The summed E-state index contributed by atoms with van der Waals surface area (Å²) in [4.78, 5) is 0. The second-order valence-electron chi connectivity index (χ2n) is 8.09. The molecule has 4 heterocycles. The van der Waals surface area contributed by atoms with Crippen LogP contribution in [0.2, 0.25) is 0 Å². The SMILES string of the molecule is c1cc(CCCCCCc2ccnn2C2CCCCO2)n(C2CCCCO2)n1. The van der Waals surface area contributed by atoms with Crippen LogP contribution in [0.1, 0.15) is 88.1 Å². The molecule has 2 aromatic rings. The molecule has 0 N–H and O–H groups in total. The van der Waals surface area contributed by atoms with E-state index in [2.05, 4.69) is 31.7 Å². The average molecular weight is 387 g/mol. The standard InChI is InChI=1S/C22H34N4O2/c1(3-9-19-13-15-23-25(19)21-11-5-7-17-27-21)2-4-10-20-14-16-24-26(20)22-12-6-8-18-28-22/h13-16,21-22H,1-12,17-18H2. The van der Waals surface area contributed by atoms with E-state index in [1.807, 2.05) is 12.4 Å². The summed E-state index contributed by atoms with van der Waals surface area (Å²) in [5.41, 5.74) is 2.64. The fourth-order valence-corrected chi connectivity index (χ4v) is 4.40. The van der Waals surface area contributed by atoms with Gasteiger partial charge >= 0.3 is 0 Å². The zero-order chi connectivity index (χ0) is 19.0. The molecule has 154 valence electrons. The molecule has 0 spiro atoms. The van der Waals surface area contributed by atoms with Gasteiger partial charge < -0.3 is 9.47 Å². The maximum atomic E-state index is 5.89. The van der Waals surface area contributed by atoms with E-state index in [1.165, 1.54) is 62.8 Å². The van der Waals surface area contributed by atoms with Crippen molar-refractivity contribution >= 4 is 0 Å². The van der Waals surface area contributed by atoms with Crippen molar-refractivity contribution in [2.45, 2.75) is 89.5 Å². The van der Waals surface area contributed by atoms with E-state index in [1.54, 1.807) is 0 Å². The molecule has 0 aromatic carbocycles. The van der Waals surface area contributed by atoms with Gasteiger partial charge in [-0.1, -0.05) is 12.8 Å². The number of hydrogen-bond donors (Lipinski definition) is 0. The molecule has 4 rings (SSSR count). The number of ether oxygens (including phenoxy) is 2. The summed E-state index contributed by atoms with van der Waals surface area (Å²) in [6.45, 7) is 1.74. The normalized spacial score (nSPS) is 23.1. The van der Waals surface area contributed by atoms with Gasteiger partial charge in [0.05, 0.1) is 0 Å². The number of rotatable bonds is 9. The first-order valence-corrected chi connectivity index (χ1v) is 11.2. The van der Waals surface area contributed by atoms with Crippen LogP contribution in [0.15, 0.2) is 24.5 Å². The molecule has 0 aliphatic carbocycles. The largest absolute Gasteiger partial charge is 0.357 e. The van der Waals surface area contributed by atoms with Crippen molar-refractivity contribution in [1.82, 2.24) is 19.6 Å². The van der Waals surface area contributed by atoms with Crippen molar-refractivity contribution < 1.29 is 9.47 Å². The van der Waals surface area contributed by atoms with Gasteiger partial charge in [0.15, 0.2) is 0 Å². The van der Waals surface area contributed by atoms with E-state index in [-0.39, 0.29) is 12.5 Å². The van der Waals surface area contributed by atoms with E-state index in [4.69, 9.17) is 9.47 Å². The smallest absolute Gasteiger partial charge is 0.150 e. The van der Waals surface area contributed by atoms with Crippen LogP contribution in [0.3, 0.4) is 0 Å². The Bertz CT molecular complexity index is 639. The second kappa shape index (κ2) is 10.2. The van der Waals surface area contributed by atoms with Gasteiger partial charge in [0.25, 0.3) is 0 Å². The van der Waals surface area contributed by atoms with Gasteiger partial charge in [0.2, 0.25) is 0 Å². The lowest BCUT2D eigenvalue weighted by Gasteiger charge is -2.24. The van der Waals surface area contributed by atoms with E-state index >= 15 is 0 Å². The zero-order valence-electron chi connectivity index (χ0n) is 17.0. The van der Waals surface area contributed by atoms with Crippen molar-refractivity contribution in [2.24, 2.45) is 0 Å². The second-order valence-corrected chi connectivity index (χ2v) is 8.09. The molecule has 0 saturated carbocycles. The maximum Gasteiger partial charge on any atom is 0.150 e. The summed E-state index contributed by atoms with van der Waals surface area (Å²) in [6.07, 6.45) is 18.3. The minimum Gasteiger partial charge on any atom is -0.357 e. The van der Waals surface area contributed by atoms with Crippen molar-refractivity contribution in [3.8, 4) is 0 Å². The third-order valence-electron chi connectivity index (χ3n) is 5.98.